The molecule has 2 aliphatic rings. The number of anilines is 2. The van der Waals surface area contributed by atoms with Gasteiger partial charge in [-0.3, -0.25) is 9.69 Å². The van der Waals surface area contributed by atoms with E-state index in [0.29, 0.717) is 28.3 Å². The number of carbonyl (C=O) groups is 2. The fourth-order valence-corrected chi connectivity index (χ4v) is 6.07. The van der Waals surface area contributed by atoms with Gasteiger partial charge in [0, 0.05) is 23.5 Å². The average Bonchev–Trinajstić information content (AvgIpc) is 3.41. The first-order valence-corrected chi connectivity index (χ1v) is 12.3. The number of fused-ring (bicyclic) bond motifs is 2. The highest BCUT2D eigenvalue weighted by molar-refractivity contribution is 8.01. The first-order valence-electron chi connectivity index (χ1n) is 11.3. The number of nitrogens with one attached hydrogen (secondary N) is 1. The van der Waals surface area contributed by atoms with Gasteiger partial charge in [-0.15, -0.1) is 11.8 Å². The van der Waals surface area contributed by atoms with Gasteiger partial charge in [0.05, 0.1) is 24.9 Å². The second-order valence-corrected chi connectivity index (χ2v) is 9.84. The molecule has 0 radical (unpaired) electrons. The van der Waals surface area contributed by atoms with Gasteiger partial charge in [0.1, 0.15) is 11.6 Å². The van der Waals surface area contributed by atoms with Crippen molar-refractivity contribution in [3.05, 3.63) is 89.2 Å². The standard InChI is InChI=1S/C26H21F4N3O3S/c1-36-20-9-10-22-21(14-20)25(23(34)32(22)15-16-5-7-17(8-6-16)26(28,29)30)33(11-12-37-25)24(35)31-19-4-2-3-18(27)13-19/h2-10,13-14H,11-12,15H2,1H3,(H,31,35)/t25-/m1/s1. The van der Waals surface area contributed by atoms with E-state index in [-0.39, 0.29) is 18.8 Å². The van der Waals surface area contributed by atoms with Crippen molar-refractivity contribution >= 4 is 35.1 Å². The highest BCUT2D eigenvalue weighted by Gasteiger charge is 2.59. The fraction of sp³-hybridized carbons (Fsp3) is 0.231. The third-order valence-electron chi connectivity index (χ3n) is 6.34. The van der Waals surface area contributed by atoms with E-state index in [0.717, 1.165) is 12.1 Å². The first kappa shape index (κ1) is 24.9. The van der Waals surface area contributed by atoms with Gasteiger partial charge in [-0.2, -0.15) is 13.2 Å². The van der Waals surface area contributed by atoms with Crippen molar-refractivity contribution in [3.8, 4) is 5.75 Å². The summed E-state index contributed by atoms with van der Waals surface area (Å²) >= 11 is 1.29. The largest absolute Gasteiger partial charge is 0.497 e. The lowest BCUT2D eigenvalue weighted by Gasteiger charge is -2.33. The summed E-state index contributed by atoms with van der Waals surface area (Å²) in [6.45, 7) is 0.264. The van der Waals surface area contributed by atoms with Crippen LogP contribution >= 0.6 is 11.8 Å². The number of benzene rings is 3. The second kappa shape index (κ2) is 9.29. The number of halogens is 4. The Labute approximate surface area is 214 Å². The van der Waals surface area contributed by atoms with Crippen LogP contribution in [-0.4, -0.2) is 36.2 Å². The Kier molecular flexibility index (Phi) is 6.26. The number of ether oxygens (including phenoxy) is 1. The summed E-state index contributed by atoms with van der Waals surface area (Å²) in [6.07, 6.45) is -4.47. The normalized spacial score (nSPS) is 18.9. The molecule has 3 amide bonds. The maximum absolute atomic E-state index is 14.0. The molecule has 0 unspecified atom stereocenters. The molecule has 0 saturated carbocycles. The lowest BCUT2D eigenvalue weighted by atomic mass is 10.1. The molecule has 5 rings (SSSR count). The van der Waals surface area contributed by atoms with E-state index < -0.39 is 34.4 Å². The predicted octanol–water partition coefficient (Wildman–Crippen LogP) is 5.83. The molecule has 2 heterocycles. The molecule has 192 valence electrons. The molecule has 3 aromatic rings. The first-order chi connectivity index (χ1) is 17.6. The Bertz CT molecular complexity index is 1370. The third kappa shape index (κ3) is 4.37. The number of methoxy groups -OCH3 is 1. The van der Waals surface area contributed by atoms with Crippen LogP contribution in [0, 0.1) is 5.82 Å². The molecule has 0 aromatic heterocycles. The summed E-state index contributed by atoms with van der Waals surface area (Å²) in [7, 11) is 1.49. The Morgan fingerprint density at radius 3 is 2.54 bits per heavy atom. The van der Waals surface area contributed by atoms with Crippen LogP contribution in [0.15, 0.2) is 66.7 Å². The zero-order valence-electron chi connectivity index (χ0n) is 19.5. The summed E-state index contributed by atoms with van der Waals surface area (Å²) < 4.78 is 58.1. The fourth-order valence-electron chi connectivity index (χ4n) is 4.62. The number of carbonyl (C=O) groups excluding carboxylic acids is 2. The molecule has 2 aliphatic heterocycles. The van der Waals surface area contributed by atoms with E-state index in [1.54, 1.807) is 24.3 Å². The Morgan fingerprint density at radius 2 is 1.86 bits per heavy atom. The maximum atomic E-state index is 14.0. The van der Waals surface area contributed by atoms with Crippen molar-refractivity contribution in [3.63, 3.8) is 0 Å². The van der Waals surface area contributed by atoms with E-state index in [4.69, 9.17) is 4.74 Å². The molecule has 1 fully saturated rings. The minimum absolute atomic E-state index is 0.0119. The van der Waals surface area contributed by atoms with Crippen LogP contribution < -0.4 is 15.0 Å². The lowest BCUT2D eigenvalue weighted by Crippen LogP contribution is -2.51. The molecule has 3 aromatic carbocycles. The summed E-state index contributed by atoms with van der Waals surface area (Å²) in [5.74, 6) is 0.0403. The second-order valence-electron chi connectivity index (χ2n) is 8.55. The predicted molar refractivity (Wildman–Crippen MR) is 132 cm³/mol. The van der Waals surface area contributed by atoms with Crippen LogP contribution in [0.2, 0.25) is 0 Å². The van der Waals surface area contributed by atoms with Crippen LogP contribution in [0.3, 0.4) is 0 Å². The van der Waals surface area contributed by atoms with Crippen LogP contribution in [0.25, 0.3) is 0 Å². The summed E-state index contributed by atoms with van der Waals surface area (Å²) in [5, 5.41) is 2.67. The number of urea groups is 1. The quantitative estimate of drug-likeness (QED) is 0.430. The third-order valence-corrected chi connectivity index (χ3v) is 7.76. The van der Waals surface area contributed by atoms with Crippen molar-refractivity contribution < 1.29 is 31.9 Å². The molecule has 11 heteroatoms. The number of hydrogen-bond donors (Lipinski definition) is 1. The van der Waals surface area contributed by atoms with Crippen LogP contribution in [0.1, 0.15) is 16.7 Å². The monoisotopic (exact) mass is 531 g/mol. The lowest BCUT2D eigenvalue weighted by molar-refractivity contribution is -0.137. The molecule has 0 aliphatic carbocycles. The van der Waals surface area contributed by atoms with E-state index in [1.165, 1.54) is 59.0 Å². The van der Waals surface area contributed by atoms with Gasteiger partial charge in [-0.1, -0.05) is 18.2 Å². The highest BCUT2D eigenvalue weighted by Crippen LogP contribution is 2.55. The zero-order valence-corrected chi connectivity index (χ0v) is 20.3. The van der Waals surface area contributed by atoms with Crippen molar-refractivity contribution in [2.24, 2.45) is 0 Å². The van der Waals surface area contributed by atoms with E-state index in [1.807, 2.05) is 0 Å². The molecule has 6 nitrogen and oxygen atoms in total. The number of amides is 3. The number of hydrogen-bond acceptors (Lipinski definition) is 4. The number of alkyl halides is 3. The average molecular weight is 532 g/mol. The Morgan fingerprint density at radius 1 is 1.11 bits per heavy atom. The Balaban J connectivity index is 1.51. The minimum atomic E-state index is -4.47. The van der Waals surface area contributed by atoms with E-state index >= 15 is 0 Å². The van der Waals surface area contributed by atoms with Crippen LogP contribution in [0.5, 0.6) is 5.75 Å². The molecule has 37 heavy (non-hydrogen) atoms. The summed E-state index contributed by atoms with van der Waals surface area (Å²) in [5.41, 5.74) is 1.04. The Hall–Kier alpha value is -3.73. The van der Waals surface area contributed by atoms with Crippen molar-refractivity contribution in [1.82, 2.24) is 4.90 Å². The summed E-state index contributed by atoms with van der Waals surface area (Å²) in [4.78, 5) is 28.9. The smallest absolute Gasteiger partial charge is 0.416 e. The SMILES string of the molecule is COc1ccc2c(c1)[C@@]1(SCCN1C(=O)Nc1cccc(F)c1)C(=O)N2Cc1ccc(C(F)(F)F)cc1. The maximum Gasteiger partial charge on any atom is 0.416 e. The van der Waals surface area contributed by atoms with Crippen LogP contribution in [0.4, 0.5) is 33.7 Å². The van der Waals surface area contributed by atoms with Gasteiger partial charge in [-0.05, 0) is 54.1 Å². The van der Waals surface area contributed by atoms with Gasteiger partial charge in [0.25, 0.3) is 5.91 Å². The molecule has 0 bridgehead atoms. The topological polar surface area (TPSA) is 61.9 Å². The minimum Gasteiger partial charge on any atom is -0.497 e. The molecule has 1 N–H and O–H groups in total. The van der Waals surface area contributed by atoms with Gasteiger partial charge in [0.15, 0.2) is 4.87 Å². The van der Waals surface area contributed by atoms with Crippen molar-refractivity contribution in [2.75, 3.05) is 29.6 Å². The molecule has 1 atom stereocenters. The molecular formula is C26H21F4N3O3S. The number of thioether (sulfide) groups is 1. The van der Waals surface area contributed by atoms with Gasteiger partial charge < -0.3 is 15.0 Å². The number of nitrogens with zero attached hydrogens (tertiary/aromatic N) is 2. The van der Waals surface area contributed by atoms with Crippen molar-refractivity contribution in [2.45, 2.75) is 17.6 Å². The molecular weight excluding hydrogens is 510 g/mol. The van der Waals surface area contributed by atoms with E-state index in [2.05, 4.69) is 5.32 Å². The van der Waals surface area contributed by atoms with Crippen molar-refractivity contribution in [1.29, 1.82) is 0 Å². The summed E-state index contributed by atoms with van der Waals surface area (Å²) in [6, 6.07) is 14.6. The highest BCUT2D eigenvalue weighted by atomic mass is 32.2. The van der Waals surface area contributed by atoms with E-state index in [9.17, 15) is 27.2 Å². The van der Waals surface area contributed by atoms with Gasteiger partial charge in [0.2, 0.25) is 0 Å². The van der Waals surface area contributed by atoms with Gasteiger partial charge >= 0.3 is 12.2 Å². The zero-order chi connectivity index (χ0) is 26.4. The molecule has 1 saturated heterocycles. The van der Waals surface area contributed by atoms with Crippen LogP contribution in [-0.2, 0) is 22.4 Å². The molecule has 1 spiro atoms. The van der Waals surface area contributed by atoms with Gasteiger partial charge in [-0.25, -0.2) is 9.18 Å². The number of rotatable bonds is 4.